The van der Waals surface area contributed by atoms with Crippen LogP contribution in [0.5, 0.6) is 0 Å². The van der Waals surface area contributed by atoms with E-state index in [0.29, 0.717) is 30.0 Å². The van der Waals surface area contributed by atoms with Crippen LogP contribution in [0.3, 0.4) is 0 Å². The number of aromatic nitrogens is 2. The van der Waals surface area contributed by atoms with Crippen molar-refractivity contribution in [3.8, 4) is 5.69 Å². The number of rotatable bonds is 6. The Bertz CT molecular complexity index is 1400. The third-order valence-corrected chi connectivity index (χ3v) is 6.71. The summed E-state index contributed by atoms with van der Waals surface area (Å²) in [6, 6.07) is 9.88. The van der Waals surface area contributed by atoms with Crippen LogP contribution in [0.15, 0.2) is 52.2 Å². The zero-order valence-corrected chi connectivity index (χ0v) is 19.9. The minimum Gasteiger partial charge on any atom is -0.477 e. The summed E-state index contributed by atoms with van der Waals surface area (Å²) in [6.07, 6.45) is 0.162. The Kier molecular flexibility index (Phi) is 6.44. The Labute approximate surface area is 204 Å². The number of carboxylic acids is 1. The van der Waals surface area contributed by atoms with Gasteiger partial charge in [-0.05, 0) is 43.7 Å². The normalized spacial score (nSPS) is 15.0. The van der Waals surface area contributed by atoms with Gasteiger partial charge >= 0.3 is 11.7 Å². The van der Waals surface area contributed by atoms with E-state index in [9.17, 15) is 24.6 Å². The quantitative estimate of drug-likeness (QED) is 0.531. The maximum atomic E-state index is 13.4. The molecule has 9 nitrogen and oxygen atoms in total. The molecular formula is C23H22Cl2N4O5. The summed E-state index contributed by atoms with van der Waals surface area (Å²) in [5, 5.41) is 20.7. The SMILES string of the molecule is CCN1c2ccc(-n3cc(C(=O)O)c(=O)n(Cc4cccc(Cl)c4Cl)c3=O)cc2N(CC)C1O. The Balaban J connectivity index is 1.91. The molecule has 1 aromatic heterocycles. The lowest BCUT2D eigenvalue weighted by atomic mass is 10.2. The predicted octanol–water partition coefficient (Wildman–Crippen LogP) is 2.99. The van der Waals surface area contributed by atoms with E-state index in [-0.39, 0.29) is 16.6 Å². The van der Waals surface area contributed by atoms with E-state index in [1.807, 2.05) is 13.8 Å². The number of aliphatic hydroxyl groups is 1. The van der Waals surface area contributed by atoms with Crippen molar-refractivity contribution in [2.45, 2.75) is 26.7 Å². The average molecular weight is 505 g/mol. The van der Waals surface area contributed by atoms with Crippen molar-refractivity contribution in [3.05, 3.63) is 84.6 Å². The summed E-state index contributed by atoms with van der Waals surface area (Å²) in [5.41, 5.74) is -0.0366. The molecule has 0 saturated heterocycles. The van der Waals surface area contributed by atoms with Gasteiger partial charge in [0.2, 0.25) is 6.35 Å². The molecule has 1 atom stereocenters. The first-order valence-electron chi connectivity index (χ1n) is 10.6. The molecule has 178 valence electrons. The molecule has 0 saturated carbocycles. The number of carboxylic acid groups (broad SMARTS) is 1. The molecule has 1 aliphatic heterocycles. The number of aromatic carboxylic acids is 1. The van der Waals surface area contributed by atoms with Crippen molar-refractivity contribution in [2.24, 2.45) is 0 Å². The molecule has 0 radical (unpaired) electrons. The van der Waals surface area contributed by atoms with Gasteiger partial charge in [0, 0.05) is 19.3 Å². The van der Waals surface area contributed by atoms with E-state index < -0.39 is 29.1 Å². The molecule has 0 fully saturated rings. The van der Waals surface area contributed by atoms with Gasteiger partial charge in [-0.15, -0.1) is 0 Å². The first-order chi connectivity index (χ1) is 16.2. The Morgan fingerprint density at radius 3 is 2.35 bits per heavy atom. The van der Waals surface area contributed by atoms with E-state index in [0.717, 1.165) is 21.0 Å². The predicted molar refractivity (Wildman–Crippen MR) is 131 cm³/mol. The molecule has 11 heteroatoms. The zero-order valence-electron chi connectivity index (χ0n) is 18.4. The minimum atomic E-state index is -1.46. The van der Waals surface area contributed by atoms with E-state index >= 15 is 0 Å². The molecule has 3 aromatic rings. The van der Waals surface area contributed by atoms with Crippen molar-refractivity contribution in [2.75, 3.05) is 22.9 Å². The maximum absolute atomic E-state index is 13.4. The fraction of sp³-hybridized carbons (Fsp3) is 0.261. The Morgan fingerprint density at radius 1 is 1.03 bits per heavy atom. The van der Waals surface area contributed by atoms with Gasteiger partial charge in [0.15, 0.2) is 0 Å². The van der Waals surface area contributed by atoms with E-state index in [2.05, 4.69) is 0 Å². The van der Waals surface area contributed by atoms with Crippen LogP contribution < -0.4 is 21.0 Å². The summed E-state index contributed by atoms with van der Waals surface area (Å²) in [4.78, 5) is 41.6. The topological polar surface area (TPSA) is 108 Å². The van der Waals surface area contributed by atoms with Gasteiger partial charge in [0.05, 0.1) is 33.7 Å². The Morgan fingerprint density at radius 2 is 1.71 bits per heavy atom. The van der Waals surface area contributed by atoms with Gasteiger partial charge in [0.25, 0.3) is 5.56 Å². The molecule has 1 unspecified atom stereocenters. The van der Waals surface area contributed by atoms with Gasteiger partial charge in [-0.25, -0.2) is 9.59 Å². The van der Waals surface area contributed by atoms with Crippen LogP contribution in [0, 0.1) is 0 Å². The van der Waals surface area contributed by atoms with Gasteiger partial charge < -0.3 is 20.0 Å². The van der Waals surface area contributed by atoms with Crippen LogP contribution in [-0.4, -0.2) is 44.8 Å². The van der Waals surface area contributed by atoms with Crippen LogP contribution >= 0.6 is 23.2 Å². The van der Waals surface area contributed by atoms with Gasteiger partial charge in [-0.2, -0.15) is 0 Å². The number of benzene rings is 2. The molecule has 0 spiro atoms. The summed E-state index contributed by atoms with van der Waals surface area (Å²) < 4.78 is 1.93. The molecule has 2 N–H and O–H groups in total. The minimum absolute atomic E-state index is 0.174. The smallest absolute Gasteiger partial charge is 0.342 e. The van der Waals surface area contributed by atoms with E-state index in [1.54, 1.807) is 46.2 Å². The van der Waals surface area contributed by atoms with Crippen molar-refractivity contribution in [1.82, 2.24) is 9.13 Å². The highest BCUT2D eigenvalue weighted by atomic mass is 35.5. The summed E-state index contributed by atoms with van der Waals surface area (Å²) in [6.45, 7) is 4.63. The van der Waals surface area contributed by atoms with Crippen LogP contribution in [0.2, 0.25) is 10.0 Å². The number of carbonyl (C=O) groups is 1. The van der Waals surface area contributed by atoms with E-state index in [1.165, 1.54) is 0 Å². The molecular weight excluding hydrogens is 483 g/mol. The second kappa shape index (κ2) is 9.17. The lowest BCUT2D eigenvalue weighted by molar-refractivity contribution is 0.0693. The number of hydrogen-bond acceptors (Lipinski definition) is 6. The highest BCUT2D eigenvalue weighted by Gasteiger charge is 2.33. The fourth-order valence-corrected chi connectivity index (χ4v) is 4.51. The first kappa shape index (κ1) is 23.9. The molecule has 2 heterocycles. The molecule has 4 rings (SSSR count). The van der Waals surface area contributed by atoms with Crippen LogP contribution in [0.25, 0.3) is 5.69 Å². The van der Waals surface area contributed by atoms with Crippen LogP contribution in [-0.2, 0) is 6.54 Å². The molecule has 34 heavy (non-hydrogen) atoms. The van der Waals surface area contributed by atoms with Crippen LogP contribution in [0.1, 0.15) is 29.8 Å². The molecule has 0 amide bonds. The largest absolute Gasteiger partial charge is 0.477 e. The molecule has 0 bridgehead atoms. The number of hydrogen-bond donors (Lipinski definition) is 2. The van der Waals surface area contributed by atoms with E-state index in [4.69, 9.17) is 23.2 Å². The van der Waals surface area contributed by atoms with Crippen molar-refractivity contribution >= 4 is 40.5 Å². The first-order valence-corrected chi connectivity index (χ1v) is 11.3. The van der Waals surface area contributed by atoms with Gasteiger partial charge in [0.1, 0.15) is 5.56 Å². The lowest BCUT2D eigenvalue weighted by Crippen LogP contribution is -2.43. The van der Waals surface area contributed by atoms with Crippen molar-refractivity contribution in [3.63, 3.8) is 0 Å². The fourth-order valence-electron chi connectivity index (χ4n) is 4.13. The van der Waals surface area contributed by atoms with Crippen molar-refractivity contribution < 1.29 is 15.0 Å². The third kappa shape index (κ3) is 3.85. The Hall–Kier alpha value is -3.27. The monoisotopic (exact) mass is 504 g/mol. The lowest BCUT2D eigenvalue weighted by Gasteiger charge is -2.26. The maximum Gasteiger partial charge on any atom is 0.342 e. The van der Waals surface area contributed by atoms with Gasteiger partial charge in [-0.1, -0.05) is 35.3 Å². The number of nitrogens with zero attached hydrogens (tertiary/aromatic N) is 4. The molecule has 2 aromatic carbocycles. The zero-order chi connectivity index (χ0) is 24.7. The molecule has 0 aliphatic carbocycles. The van der Waals surface area contributed by atoms with Crippen molar-refractivity contribution in [1.29, 1.82) is 0 Å². The standard InChI is InChI=1S/C23H22Cl2N4O5/c1-3-26-17-9-8-14(10-18(17)27(4-2)22(26)33)28-12-15(21(31)32)20(30)29(23(28)34)11-13-6-5-7-16(24)19(13)25/h5-10,12,22,33H,3-4,11H2,1-2H3,(H,31,32). The average Bonchev–Trinajstić information content (AvgIpc) is 3.08. The number of anilines is 2. The summed E-state index contributed by atoms with van der Waals surface area (Å²) in [5.74, 6) is -1.46. The molecule has 1 aliphatic rings. The highest BCUT2D eigenvalue weighted by molar-refractivity contribution is 6.42. The summed E-state index contributed by atoms with van der Waals surface area (Å²) in [7, 11) is 0. The summed E-state index contributed by atoms with van der Waals surface area (Å²) >= 11 is 12.3. The number of aliphatic hydroxyl groups excluding tert-OH is 1. The van der Waals surface area contributed by atoms with Gasteiger partial charge in [-0.3, -0.25) is 13.9 Å². The number of fused-ring (bicyclic) bond motifs is 1. The second-order valence-corrected chi connectivity index (χ2v) is 8.48. The second-order valence-electron chi connectivity index (χ2n) is 7.70. The highest BCUT2D eigenvalue weighted by Crippen LogP contribution is 2.39. The number of halogens is 2. The third-order valence-electron chi connectivity index (χ3n) is 5.86. The van der Waals surface area contributed by atoms with Crippen LogP contribution in [0.4, 0.5) is 11.4 Å².